The van der Waals surface area contributed by atoms with Gasteiger partial charge in [-0.25, -0.2) is 9.59 Å². The van der Waals surface area contributed by atoms with Gasteiger partial charge >= 0.3 is 12.1 Å². The van der Waals surface area contributed by atoms with Crippen LogP contribution in [-0.2, 0) is 52.4 Å². The number of piperidine rings is 1. The lowest BCUT2D eigenvalue weighted by Crippen LogP contribution is -2.68. The Labute approximate surface area is 295 Å². The zero-order valence-electron chi connectivity index (χ0n) is 30.5. The van der Waals surface area contributed by atoms with Crippen LogP contribution >= 0.6 is 0 Å². The van der Waals surface area contributed by atoms with E-state index in [9.17, 15) is 27.6 Å². The van der Waals surface area contributed by atoms with Crippen LogP contribution in [0, 0.1) is 24.7 Å². The van der Waals surface area contributed by atoms with Crippen molar-refractivity contribution in [2.45, 2.75) is 115 Å². The first-order chi connectivity index (χ1) is 23.4. The summed E-state index contributed by atoms with van der Waals surface area (Å²) in [7, 11) is -1.39. The second-order valence-electron chi connectivity index (χ2n) is 14.3. The fraction of sp³-hybridized carbons (Fsp3) is 0.667. The van der Waals surface area contributed by atoms with Crippen molar-refractivity contribution in [1.29, 1.82) is 0 Å². The molecule has 278 valence electrons. The summed E-state index contributed by atoms with van der Waals surface area (Å²) in [6, 6.07) is 5.38. The summed E-state index contributed by atoms with van der Waals surface area (Å²) in [5.74, 6) is -4.70. The molecule has 0 N–H and O–H groups in total. The van der Waals surface area contributed by atoms with Crippen molar-refractivity contribution < 1.29 is 55.5 Å². The van der Waals surface area contributed by atoms with Gasteiger partial charge in [0.1, 0.15) is 18.2 Å². The van der Waals surface area contributed by atoms with Gasteiger partial charge < -0.3 is 23.7 Å². The Morgan fingerprint density at radius 1 is 1.10 bits per heavy atom. The van der Waals surface area contributed by atoms with Crippen molar-refractivity contribution in [3.63, 3.8) is 0 Å². The van der Waals surface area contributed by atoms with Crippen LogP contribution in [0.15, 0.2) is 40.5 Å². The summed E-state index contributed by atoms with van der Waals surface area (Å²) in [5, 5.41) is 0. The van der Waals surface area contributed by atoms with E-state index >= 15 is 0 Å². The summed E-state index contributed by atoms with van der Waals surface area (Å²) in [6.45, 7) is 11.6. The maximum absolute atomic E-state index is 15.0. The molecule has 0 spiro atoms. The maximum atomic E-state index is 15.0. The van der Waals surface area contributed by atoms with Crippen molar-refractivity contribution in [3.8, 4) is 0 Å². The molecule has 1 aromatic carbocycles. The molecule has 2 bridgehead atoms. The highest BCUT2D eigenvalue weighted by Gasteiger charge is 2.69. The number of cyclic esters (lactones) is 1. The largest absolute Gasteiger partial charge is 0.496 e. The average molecular weight is 722 g/mol. The third-order valence-corrected chi connectivity index (χ3v) is 11.3. The number of nitrogens with zero attached hydrogens (tertiary/aromatic N) is 1. The average Bonchev–Trinajstić information content (AvgIpc) is 3.49. The third-order valence-electron chi connectivity index (χ3n) is 9.95. The fourth-order valence-corrected chi connectivity index (χ4v) is 8.61. The van der Waals surface area contributed by atoms with E-state index in [0.29, 0.717) is 12.8 Å². The summed E-state index contributed by atoms with van der Waals surface area (Å²) in [6.07, 6.45) is -1.05. The smallest absolute Gasteiger partial charge is 0.411 e. The van der Waals surface area contributed by atoms with Crippen molar-refractivity contribution in [2.75, 3.05) is 27.6 Å². The number of benzene rings is 1. The molecule has 7 atom stereocenters. The van der Waals surface area contributed by atoms with Gasteiger partial charge in [-0.15, -0.1) is 0 Å². The van der Waals surface area contributed by atoms with E-state index < -0.39 is 75.1 Å². The van der Waals surface area contributed by atoms with E-state index in [4.69, 9.17) is 27.9 Å². The summed E-state index contributed by atoms with van der Waals surface area (Å²) < 4.78 is 60.2. The molecule has 0 saturated carbocycles. The molecule has 0 aromatic heterocycles. The van der Waals surface area contributed by atoms with Gasteiger partial charge in [-0.1, -0.05) is 44.4 Å². The number of Topliss-reactive ketones (excluding diaryl/α,β-unsaturated/α-hetero) is 2. The number of rotatable bonds is 15. The Hall–Kier alpha value is -3.33. The summed E-state index contributed by atoms with van der Waals surface area (Å²) >= 11 is 0. The fourth-order valence-electron chi connectivity index (χ4n) is 7.68. The molecule has 1 aromatic rings. The molecule has 2 saturated heterocycles. The molecule has 0 radical (unpaired) electrons. The molecule has 3 heterocycles. The SMILES string of the molecule is CCCCC12C(OCOC)CC(C([C@H](C)C(=O)C3OC(=O)C(C)=C3OC)C(=O)C1CCOS(=O)(=O)c1ccc(C)cc1)N2C(=O)OC(C)(C)C. The minimum Gasteiger partial charge on any atom is -0.496 e. The van der Waals surface area contributed by atoms with Gasteiger partial charge in [0.25, 0.3) is 10.1 Å². The molecule has 0 aliphatic carbocycles. The number of unbranched alkanes of at least 4 members (excludes halogenated alkanes) is 1. The zero-order valence-corrected chi connectivity index (χ0v) is 31.3. The van der Waals surface area contributed by atoms with Gasteiger partial charge in [0, 0.05) is 30.9 Å². The number of hydrogen-bond donors (Lipinski definition) is 0. The van der Waals surface area contributed by atoms with E-state index in [0.717, 1.165) is 12.0 Å². The van der Waals surface area contributed by atoms with Gasteiger partial charge in [-0.2, -0.15) is 8.42 Å². The molecule has 50 heavy (non-hydrogen) atoms. The van der Waals surface area contributed by atoms with Gasteiger partial charge in [0.2, 0.25) is 6.10 Å². The quantitative estimate of drug-likeness (QED) is 0.137. The highest BCUT2D eigenvalue weighted by atomic mass is 32.2. The standard InChI is InChI=1S/C36H51NO12S/c1-10-11-17-36-25(16-18-47-50(42,43)24-14-12-21(2)13-15-24)30(39)28(22(3)29(38)32-31(45-9)23(4)33(40)48-32)26(19-27(36)46-20-44-8)37(36)34(41)49-35(5,6)7/h12-15,22,25-28,32H,10-11,16-20H2,1-9H3/t22-,25?,26?,27?,28?,32?,36?/m0/s1. The number of aryl methyl sites for hydroxylation is 1. The number of methoxy groups -OCH3 is 2. The molecule has 14 heteroatoms. The van der Waals surface area contributed by atoms with Gasteiger partial charge in [0.05, 0.1) is 35.8 Å². The zero-order chi connectivity index (χ0) is 37.2. The number of carbonyl (C=O) groups excluding carboxylic acids is 4. The highest BCUT2D eigenvalue weighted by molar-refractivity contribution is 7.86. The van der Waals surface area contributed by atoms with Crippen molar-refractivity contribution in [2.24, 2.45) is 17.8 Å². The Balaban J connectivity index is 1.82. The Morgan fingerprint density at radius 3 is 2.34 bits per heavy atom. The second-order valence-corrected chi connectivity index (χ2v) is 16.0. The summed E-state index contributed by atoms with van der Waals surface area (Å²) in [4.78, 5) is 57.4. The van der Waals surface area contributed by atoms with Crippen molar-refractivity contribution in [1.82, 2.24) is 4.90 Å². The van der Waals surface area contributed by atoms with E-state index in [1.807, 2.05) is 13.8 Å². The minimum absolute atomic E-state index is 0.0307. The molecule has 6 unspecified atom stereocenters. The van der Waals surface area contributed by atoms with Gasteiger partial charge in [-0.05, 0) is 66.0 Å². The lowest BCUT2D eigenvalue weighted by molar-refractivity contribution is -0.162. The van der Waals surface area contributed by atoms with Crippen LogP contribution in [0.3, 0.4) is 0 Å². The first kappa shape index (κ1) is 39.5. The predicted octanol–water partition coefficient (Wildman–Crippen LogP) is 4.88. The van der Waals surface area contributed by atoms with Gasteiger partial charge in [0.15, 0.2) is 11.5 Å². The topological polar surface area (TPSA) is 161 Å². The number of ketones is 2. The first-order valence-electron chi connectivity index (χ1n) is 17.1. The van der Waals surface area contributed by atoms with E-state index in [1.165, 1.54) is 33.3 Å². The van der Waals surface area contributed by atoms with Crippen LogP contribution in [0.5, 0.6) is 0 Å². The number of amides is 1. The molecule has 3 aliphatic heterocycles. The number of carbonyl (C=O) groups is 4. The summed E-state index contributed by atoms with van der Waals surface area (Å²) in [5.41, 5.74) is -1.15. The molecule has 13 nitrogen and oxygen atoms in total. The Kier molecular flexibility index (Phi) is 12.2. The van der Waals surface area contributed by atoms with Crippen LogP contribution < -0.4 is 0 Å². The molecule has 4 rings (SSSR count). The second kappa shape index (κ2) is 15.5. The normalized spacial score (nSPS) is 27.4. The number of hydrogen-bond acceptors (Lipinski definition) is 12. The Bertz CT molecular complexity index is 1580. The van der Waals surface area contributed by atoms with Crippen LogP contribution in [0.4, 0.5) is 4.79 Å². The molecule has 1 amide bonds. The van der Waals surface area contributed by atoms with E-state index in [2.05, 4.69) is 0 Å². The maximum Gasteiger partial charge on any atom is 0.411 e. The lowest BCUT2D eigenvalue weighted by atomic mass is 9.65. The minimum atomic E-state index is -4.19. The van der Waals surface area contributed by atoms with Crippen molar-refractivity contribution in [3.05, 3.63) is 41.2 Å². The van der Waals surface area contributed by atoms with E-state index in [-0.39, 0.29) is 48.3 Å². The number of esters is 1. The third kappa shape index (κ3) is 7.63. The van der Waals surface area contributed by atoms with Crippen LogP contribution in [0.1, 0.15) is 79.2 Å². The molecular formula is C36H51NO12S. The van der Waals surface area contributed by atoms with Gasteiger partial charge in [-0.3, -0.25) is 18.7 Å². The molecular weight excluding hydrogens is 670 g/mol. The lowest BCUT2D eigenvalue weighted by Gasteiger charge is -2.53. The van der Waals surface area contributed by atoms with Crippen LogP contribution in [0.25, 0.3) is 0 Å². The Morgan fingerprint density at radius 2 is 1.76 bits per heavy atom. The monoisotopic (exact) mass is 721 g/mol. The predicted molar refractivity (Wildman–Crippen MR) is 180 cm³/mol. The van der Waals surface area contributed by atoms with E-state index in [1.54, 1.807) is 44.7 Å². The molecule has 3 aliphatic rings. The highest BCUT2D eigenvalue weighted by Crippen LogP contribution is 2.55. The first-order valence-corrected chi connectivity index (χ1v) is 18.5. The number of fused-ring (bicyclic) bond motifs is 2. The van der Waals surface area contributed by atoms with Crippen LogP contribution in [-0.4, -0.2) is 94.0 Å². The van der Waals surface area contributed by atoms with Crippen molar-refractivity contribution >= 4 is 33.7 Å². The number of ether oxygens (including phenoxy) is 5. The van der Waals surface area contributed by atoms with Crippen LogP contribution in [0.2, 0.25) is 0 Å². The molecule has 2 fully saturated rings.